The predicted molar refractivity (Wildman–Crippen MR) is 102 cm³/mol. The summed E-state index contributed by atoms with van der Waals surface area (Å²) in [4.78, 5) is 41.2. The van der Waals surface area contributed by atoms with Gasteiger partial charge < -0.3 is 15.4 Å². The number of thiophene rings is 1. The van der Waals surface area contributed by atoms with Gasteiger partial charge in [-0.15, -0.1) is 11.3 Å². The van der Waals surface area contributed by atoms with E-state index in [0.717, 1.165) is 0 Å². The molecular formula is C18H16N4O4S. The Hall–Kier alpha value is -3.20. The van der Waals surface area contributed by atoms with E-state index in [-0.39, 0.29) is 30.3 Å². The van der Waals surface area contributed by atoms with E-state index in [1.807, 2.05) is 5.38 Å². The monoisotopic (exact) mass is 384 g/mol. The molecule has 0 radical (unpaired) electrons. The topological polar surface area (TPSA) is 102 Å². The van der Waals surface area contributed by atoms with Crippen LogP contribution in [0.1, 0.15) is 13.3 Å². The van der Waals surface area contributed by atoms with E-state index in [1.54, 1.807) is 31.2 Å². The second kappa shape index (κ2) is 6.84. The van der Waals surface area contributed by atoms with Gasteiger partial charge in [0.05, 0.1) is 17.4 Å². The molecule has 2 N–H and O–H groups in total. The van der Waals surface area contributed by atoms with Crippen LogP contribution in [-0.2, 0) is 16.1 Å². The van der Waals surface area contributed by atoms with Crippen molar-refractivity contribution in [3.63, 3.8) is 0 Å². The molecule has 0 fully saturated rings. The van der Waals surface area contributed by atoms with Crippen LogP contribution in [0.2, 0.25) is 0 Å². The molecule has 1 atom stereocenters. The van der Waals surface area contributed by atoms with Gasteiger partial charge >= 0.3 is 0 Å². The second-order valence-corrected chi connectivity index (χ2v) is 7.04. The number of carbonyl (C=O) groups is 2. The van der Waals surface area contributed by atoms with E-state index in [1.165, 1.54) is 22.2 Å². The molecule has 1 aliphatic heterocycles. The third-order valence-electron chi connectivity index (χ3n) is 4.22. The van der Waals surface area contributed by atoms with Gasteiger partial charge in [-0.2, -0.15) is 0 Å². The van der Waals surface area contributed by atoms with Crippen molar-refractivity contribution in [1.29, 1.82) is 0 Å². The summed E-state index contributed by atoms with van der Waals surface area (Å²) >= 11 is 1.40. The molecule has 27 heavy (non-hydrogen) atoms. The Morgan fingerprint density at radius 3 is 3.07 bits per heavy atom. The lowest BCUT2D eigenvalue weighted by Crippen LogP contribution is -2.34. The maximum atomic E-state index is 12.3. The summed E-state index contributed by atoms with van der Waals surface area (Å²) in [6.07, 6.45) is 1.03. The van der Waals surface area contributed by atoms with Gasteiger partial charge in [0.2, 0.25) is 5.91 Å². The number of fused-ring (bicyclic) bond motifs is 2. The predicted octanol–water partition coefficient (Wildman–Crippen LogP) is 2.21. The van der Waals surface area contributed by atoms with E-state index >= 15 is 0 Å². The van der Waals surface area contributed by atoms with Crippen molar-refractivity contribution in [2.75, 3.05) is 10.6 Å². The summed E-state index contributed by atoms with van der Waals surface area (Å²) in [5.41, 5.74) is 0.895. The Morgan fingerprint density at radius 1 is 1.37 bits per heavy atom. The first-order valence-corrected chi connectivity index (χ1v) is 9.23. The molecule has 4 rings (SSSR count). The van der Waals surface area contributed by atoms with E-state index in [2.05, 4.69) is 15.6 Å². The minimum absolute atomic E-state index is 0.119. The average molecular weight is 384 g/mol. The highest BCUT2D eigenvalue weighted by Gasteiger charge is 2.23. The normalized spacial score (nSPS) is 15.7. The summed E-state index contributed by atoms with van der Waals surface area (Å²) in [6, 6.07) is 6.77. The number of aryl methyl sites for hydroxylation is 1. The summed E-state index contributed by atoms with van der Waals surface area (Å²) < 4.78 is 6.91. The minimum atomic E-state index is -0.551. The lowest BCUT2D eigenvalue weighted by molar-refractivity contribution is -0.122. The highest BCUT2D eigenvalue weighted by molar-refractivity contribution is 7.16. The van der Waals surface area contributed by atoms with Crippen LogP contribution in [0.4, 0.5) is 11.4 Å². The fourth-order valence-electron chi connectivity index (χ4n) is 2.78. The molecule has 0 unspecified atom stereocenters. The van der Waals surface area contributed by atoms with Gasteiger partial charge in [0.25, 0.3) is 11.5 Å². The molecule has 0 aliphatic carbocycles. The average Bonchev–Trinajstić information content (AvgIpc) is 3.12. The van der Waals surface area contributed by atoms with E-state index < -0.39 is 6.10 Å². The summed E-state index contributed by atoms with van der Waals surface area (Å²) in [5, 5.41) is 7.87. The zero-order valence-corrected chi connectivity index (χ0v) is 15.2. The number of hydrogen-bond acceptors (Lipinski definition) is 6. The molecule has 8 nitrogen and oxygen atoms in total. The van der Waals surface area contributed by atoms with Crippen LogP contribution in [0.15, 0.2) is 40.8 Å². The maximum absolute atomic E-state index is 12.3. The first-order chi connectivity index (χ1) is 13.0. The number of nitrogens with zero attached hydrogens (tertiary/aromatic N) is 2. The number of hydrogen-bond donors (Lipinski definition) is 2. The first-order valence-electron chi connectivity index (χ1n) is 8.35. The SMILES string of the molecule is C[C@@H]1Oc2ccc(NC(=O)CCn3cnc4sccc4c3=O)cc2NC1=O. The van der Waals surface area contributed by atoms with Crippen molar-refractivity contribution in [2.45, 2.75) is 26.0 Å². The van der Waals surface area contributed by atoms with Crippen LogP contribution in [0, 0.1) is 0 Å². The summed E-state index contributed by atoms with van der Waals surface area (Å²) in [5.74, 6) is 0.0761. The standard InChI is InChI=1S/C18H16N4O4S/c1-10-16(24)21-13-8-11(2-3-14(13)26-10)20-15(23)4-6-22-9-19-17-12(18(22)25)5-7-27-17/h2-3,5,7-10H,4,6H2,1H3,(H,20,23)(H,21,24)/t10-/m0/s1. The molecule has 0 bridgehead atoms. The van der Waals surface area contributed by atoms with Gasteiger partial charge in [-0.3, -0.25) is 19.0 Å². The number of nitrogens with one attached hydrogen (secondary N) is 2. The molecule has 2 amide bonds. The maximum Gasteiger partial charge on any atom is 0.265 e. The van der Waals surface area contributed by atoms with Crippen molar-refractivity contribution in [1.82, 2.24) is 9.55 Å². The Kier molecular flexibility index (Phi) is 4.36. The number of benzene rings is 1. The molecule has 3 heterocycles. The van der Waals surface area contributed by atoms with Gasteiger partial charge in [-0.1, -0.05) is 0 Å². The number of amides is 2. The number of aromatic nitrogens is 2. The lowest BCUT2D eigenvalue weighted by Gasteiger charge is -2.23. The Morgan fingerprint density at radius 2 is 2.22 bits per heavy atom. The molecule has 0 saturated heterocycles. The van der Waals surface area contributed by atoms with Crippen LogP contribution in [0.25, 0.3) is 10.2 Å². The van der Waals surface area contributed by atoms with Crippen LogP contribution in [0.3, 0.4) is 0 Å². The number of ether oxygens (including phenoxy) is 1. The third-order valence-corrected chi connectivity index (χ3v) is 5.05. The molecule has 1 aromatic carbocycles. The van der Waals surface area contributed by atoms with Crippen LogP contribution in [0.5, 0.6) is 5.75 Å². The highest BCUT2D eigenvalue weighted by atomic mass is 32.1. The summed E-state index contributed by atoms with van der Waals surface area (Å²) in [7, 11) is 0. The van der Waals surface area contributed by atoms with Gasteiger partial charge in [0, 0.05) is 18.7 Å². The van der Waals surface area contributed by atoms with E-state index in [0.29, 0.717) is 27.3 Å². The quantitative estimate of drug-likeness (QED) is 0.718. The zero-order valence-electron chi connectivity index (χ0n) is 14.4. The minimum Gasteiger partial charge on any atom is -0.479 e. The third kappa shape index (κ3) is 3.41. The molecule has 138 valence electrons. The van der Waals surface area contributed by atoms with Crippen molar-refractivity contribution < 1.29 is 14.3 Å². The van der Waals surface area contributed by atoms with Gasteiger partial charge in [-0.25, -0.2) is 4.98 Å². The fraction of sp³-hybridized carbons (Fsp3) is 0.222. The first kappa shape index (κ1) is 17.2. The number of carbonyl (C=O) groups excluding carboxylic acids is 2. The Bertz CT molecular complexity index is 1100. The van der Waals surface area contributed by atoms with Crippen molar-refractivity contribution in [3.05, 3.63) is 46.3 Å². The van der Waals surface area contributed by atoms with Crippen molar-refractivity contribution >= 4 is 44.7 Å². The molecule has 1 aliphatic rings. The van der Waals surface area contributed by atoms with Crippen LogP contribution >= 0.6 is 11.3 Å². The molecule has 9 heteroatoms. The summed E-state index contributed by atoms with van der Waals surface area (Å²) in [6.45, 7) is 1.89. The largest absolute Gasteiger partial charge is 0.479 e. The molecular weight excluding hydrogens is 368 g/mol. The van der Waals surface area contributed by atoms with E-state index in [4.69, 9.17) is 4.74 Å². The van der Waals surface area contributed by atoms with Crippen LogP contribution in [-0.4, -0.2) is 27.5 Å². The van der Waals surface area contributed by atoms with Gasteiger partial charge in [0.1, 0.15) is 10.6 Å². The molecule has 3 aromatic rings. The Balaban J connectivity index is 1.42. The van der Waals surface area contributed by atoms with Gasteiger partial charge in [-0.05, 0) is 36.6 Å². The lowest BCUT2D eigenvalue weighted by atomic mass is 10.2. The van der Waals surface area contributed by atoms with E-state index in [9.17, 15) is 14.4 Å². The zero-order chi connectivity index (χ0) is 19.0. The number of rotatable bonds is 4. The fourth-order valence-corrected chi connectivity index (χ4v) is 3.51. The smallest absolute Gasteiger partial charge is 0.265 e. The Labute approximate surface area is 157 Å². The second-order valence-electron chi connectivity index (χ2n) is 6.14. The highest BCUT2D eigenvalue weighted by Crippen LogP contribution is 2.32. The van der Waals surface area contributed by atoms with Crippen LogP contribution < -0.4 is 20.9 Å². The molecule has 0 saturated carbocycles. The number of anilines is 2. The van der Waals surface area contributed by atoms with Crippen molar-refractivity contribution in [3.8, 4) is 5.75 Å². The van der Waals surface area contributed by atoms with Crippen molar-refractivity contribution in [2.24, 2.45) is 0 Å². The molecule has 2 aromatic heterocycles. The van der Waals surface area contributed by atoms with Gasteiger partial charge in [0.15, 0.2) is 6.10 Å². The molecule has 0 spiro atoms.